The molecule has 0 aromatic heterocycles. The molecule has 130 valence electrons. The van der Waals surface area contributed by atoms with Crippen LogP contribution in [0.15, 0.2) is 42.5 Å². The van der Waals surface area contributed by atoms with Crippen LogP contribution in [-0.4, -0.2) is 18.4 Å². The molecule has 0 saturated carbocycles. The summed E-state index contributed by atoms with van der Waals surface area (Å²) in [5.74, 6) is -0.0729. The number of nitrogens with one attached hydrogen (secondary N) is 1. The molecule has 25 heavy (non-hydrogen) atoms. The molecule has 4 heteroatoms. The Balaban J connectivity index is 1.75. The van der Waals surface area contributed by atoms with Crippen molar-refractivity contribution in [1.29, 1.82) is 0 Å². The van der Waals surface area contributed by atoms with Gasteiger partial charge in [0.15, 0.2) is 0 Å². The minimum atomic E-state index is -0.123. The summed E-state index contributed by atoms with van der Waals surface area (Å²) in [5.41, 5.74) is 4.70. The summed E-state index contributed by atoms with van der Waals surface area (Å²) < 4.78 is 0. The lowest BCUT2D eigenvalue weighted by atomic mass is 9.87. The molecule has 2 amide bonds. The normalized spacial score (nSPS) is 13.5. The molecule has 0 bridgehead atoms. The van der Waals surface area contributed by atoms with E-state index < -0.39 is 0 Å². The number of fused-ring (bicyclic) bond motifs is 1. The van der Waals surface area contributed by atoms with Gasteiger partial charge in [-0.05, 0) is 53.3 Å². The first-order valence-electron chi connectivity index (χ1n) is 8.58. The van der Waals surface area contributed by atoms with Crippen molar-refractivity contribution in [2.24, 2.45) is 0 Å². The maximum absolute atomic E-state index is 12.5. The van der Waals surface area contributed by atoms with Crippen LogP contribution in [0.1, 0.15) is 49.2 Å². The van der Waals surface area contributed by atoms with Crippen LogP contribution in [0.3, 0.4) is 0 Å². The Labute approximate surface area is 148 Å². The third-order valence-electron chi connectivity index (χ3n) is 4.63. The number of carbonyl (C=O) groups excluding carboxylic acids is 2. The second kappa shape index (κ2) is 6.36. The molecule has 2 aromatic rings. The predicted octanol–water partition coefficient (Wildman–Crippen LogP) is 4.15. The Kier molecular flexibility index (Phi) is 4.38. The summed E-state index contributed by atoms with van der Waals surface area (Å²) in [5, 5.41) is 2.95. The van der Waals surface area contributed by atoms with Crippen LogP contribution in [0.25, 0.3) is 0 Å². The van der Waals surface area contributed by atoms with Gasteiger partial charge in [0.1, 0.15) is 0 Å². The van der Waals surface area contributed by atoms with Gasteiger partial charge in [0.25, 0.3) is 5.91 Å². The van der Waals surface area contributed by atoms with E-state index in [4.69, 9.17) is 0 Å². The number of amides is 2. The van der Waals surface area contributed by atoms with E-state index in [1.54, 1.807) is 11.8 Å². The van der Waals surface area contributed by atoms with Gasteiger partial charge in [-0.3, -0.25) is 9.59 Å². The monoisotopic (exact) mass is 336 g/mol. The number of hydrogen-bond acceptors (Lipinski definition) is 2. The van der Waals surface area contributed by atoms with Crippen molar-refractivity contribution >= 4 is 23.2 Å². The fourth-order valence-corrected chi connectivity index (χ4v) is 3.13. The highest BCUT2D eigenvalue weighted by Crippen LogP contribution is 2.30. The van der Waals surface area contributed by atoms with Crippen LogP contribution in [-0.2, 0) is 16.6 Å². The van der Waals surface area contributed by atoms with E-state index in [2.05, 4.69) is 26.1 Å². The maximum Gasteiger partial charge on any atom is 0.255 e. The third-order valence-corrected chi connectivity index (χ3v) is 4.63. The van der Waals surface area contributed by atoms with E-state index in [1.807, 2.05) is 42.5 Å². The van der Waals surface area contributed by atoms with Gasteiger partial charge in [-0.15, -0.1) is 0 Å². The molecule has 0 radical (unpaired) electrons. The van der Waals surface area contributed by atoms with Crippen molar-refractivity contribution in [3.63, 3.8) is 0 Å². The number of carbonyl (C=O) groups is 2. The average Bonchev–Trinajstić information content (AvgIpc) is 2.97. The largest absolute Gasteiger partial charge is 0.322 e. The standard InChI is InChI=1S/C21H24N2O2/c1-14(24)23-12-11-16-13-18(9-10-19(16)23)22-20(25)15-5-7-17(8-6-15)21(2,3)4/h5-10,13H,11-12H2,1-4H3,(H,22,25). The van der Waals surface area contributed by atoms with Crippen molar-refractivity contribution in [3.05, 3.63) is 59.2 Å². The van der Waals surface area contributed by atoms with Gasteiger partial charge in [-0.2, -0.15) is 0 Å². The first-order chi connectivity index (χ1) is 11.8. The molecule has 2 aromatic carbocycles. The molecule has 0 fully saturated rings. The van der Waals surface area contributed by atoms with Gasteiger partial charge in [0, 0.05) is 30.4 Å². The molecule has 0 saturated heterocycles. The number of hydrogen-bond donors (Lipinski definition) is 1. The number of nitrogens with zero attached hydrogens (tertiary/aromatic N) is 1. The Hall–Kier alpha value is -2.62. The lowest BCUT2D eigenvalue weighted by Gasteiger charge is -2.19. The molecule has 1 N–H and O–H groups in total. The predicted molar refractivity (Wildman–Crippen MR) is 101 cm³/mol. The third kappa shape index (κ3) is 3.58. The van der Waals surface area contributed by atoms with Crippen LogP contribution in [0.2, 0.25) is 0 Å². The average molecular weight is 336 g/mol. The fourth-order valence-electron chi connectivity index (χ4n) is 3.13. The smallest absolute Gasteiger partial charge is 0.255 e. The van der Waals surface area contributed by atoms with E-state index in [1.165, 1.54) is 5.56 Å². The highest BCUT2D eigenvalue weighted by molar-refractivity contribution is 6.04. The molecule has 1 aliphatic heterocycles. The molecule has 1 aliphatic rings. The topological polar surface area (TPSA) is 49.4 Å². The van der Waals surface area contributed by atoms with Crippen LogP contribution >= 0.6 is 0 Å². The van der Waals surface area contributed by atoms with Crippen LogP contribution in [0, 0.1) is 0 Å². The van der Waals surface area contributed by atoms with Crippen molar-refractivity contribution in [2.45, 2.75) is 39.5 Å². The van der Waals surface area contributed by atoms with Crippen molar-refractivity contribution < 1.29 is 9.59 Å². The highest BCUT2D eigenvalue weighted by Gasteiger charge is 2.22. The molecule has 3 rings (SSSR count). The maximum atomic E-state index is 12.5. The SMILES string of the molecule is CC(=O)N1CCc2cc(NC(=O)c3ccc(C(C)(C)C)cc3)ccc21. The Bertz CT molecular complexity index is 817. The Morgan fingerprint density at radius 2 is 1.72 bits per heavy atom. The molecule has 0 aliphatic carbocycles. The van der Waals surface area contributed by atoms with E-state index >= 15 is 0 Å². The van der Waals surface area contributed by atoms with Gasteiger partial charge >= 0.3 is 0 Å². The summed E-state index contributed by atoms with van der Waals surface area (Å²) in [4.78, 5) is 25.9. The van der Waals surface area contributed by atoms with Crippen LogP contribution < -0.4 is 10.2 Å². The van der Waals surface area contributed by atoms with Gasteiger partial charge in [-0.25, -0.2) is 0 Å². The summed E-state index contributed by atoms with van der Waals surface area (Å²) in [6.45, 7) is 8.73. The van der Waals surface area contributed by atoms with E-state index in [0.717, 1.165) is 23.4 Å². The van der Waals surface area contributed by atoms with E-state index in [9.17, 15) is 9.59 Å². The zero-order chi connectivity index (χ0) is 18.2. The minimum absolute atomic E-state index is 0.0504. The van der Waals surface area contributed by atoms with Gasteiger partial charge in [-0.1, -0.05) is 32.9 Å². The molecule has 0 atom stereocenters. The van der Waals surface area contributed by atoms with E-state index in [0.29, 0.717) is 12.1 Å². The Morgan fingerprint density at radius 1 is 1.04 bits per heavy atom. The Morgan fingerprint density at radius 3 is 2.32 bits per heavy atom. The zero-order valence-electron chi connectivity index (χ0n) is 15.2. The summed E-state index contributed by atoms with van der Waals surface area (Å²) in [7, 11) is 0. The van der Waals surface area contributed by atoms with Crippen molar-refractivity contribution in [3.8, 4) is 0 Å². The highest BCUT2D eigenvalue weighted by atomic mass is 16.2. The first-order valence-corrected chi connectivity index (χ1v) is 8.58. The number of anilines is 2. The molecule has 0 spiro atoms. The first kappa shape index (κ1) is 17.2. The second-order valence-corrected chi connectivity index (χ2v) is 7.55. The van der Waals surface area contributed by atoms with Gasteiger partial charge in [0.2, 0.25) is 5.91 Å². The summed E-state index contributed by atoms with van der Waals surface area (Å²) in [6.07, 6.45) is 0.818. The van der Waals surface area contributed by atoms with Crippen molar-refractivity contribution in [2.75, 3.05) is 16.8 Å². The number of benzene rings is 2. The lowest BCUT2D eigenvalue weighted by molar-refractivity contribution is -0.116. The number of rotatable bonds is 2. The van der Waals surface area contributed by atoms with Gasteiger partial charge < -0.3 is 10.2 Å². The summed E-state index contributed by atoms with van der Waals surface area (Å²) >= 11 is 0. The molecule has 4 nitrogen and oxygen atoms in total. The summed E-state index contributed by atoms with van der Waals surface area (Å²) in [6, 6.07) is 13.4. The molecular formula is C21H24N2O2. The van der Waals surface area contributed by atoms with Crippen molar-refractivity contribution in [1.82, 2.24) is 0 Å². The quantitative estimate of drug-likeness (QED) is 0.896. The molecule has 1 heterocycles. The van der Waals surface area contributed by atoms with Crippen LogP contribution in [0.4, 0.5) is 11.4 Å². The lowest BCUT2D eigenvalue weighted by Crippen LogP contribution is -2.25. The molecule has 0 unspecified atom stereocenters. The second-order valence-electron chi connectivity index (χ2n) is 7.55. The minimum Gasteiger partial charge on any atom is -0.322 e. The molecular weight excluding hydrogens is 312 g/mol. The fraction of sp³-hybridized carbons (Fsp3) is 0.333. The van der Waals surface area contributed by atoms with Crippen LogP contribution in [0.5, 0.6) is 0 Å². The zero-order valence-corrected chi connectivity index (χ0v) is 15.2. The van der Waals surface area contributed by atoms with E-state index in [-0.39, 0.29) is 17.2 Å². The van der Waals surface area contributed by atoms with Gasteiger partial charge in [0.05, 0.1) is 0 Å².